The summed E-state index contributed by atoms with van der Waals surface area (Å²) in [5.41, 5.74) is 0.818. The van der Waals surface area contributed by atoms with E-state index in [-0.39, 0.29) is 5.69 Å². The van der Waals surface area contributed by atoms with Crippen LogP contribution in [0.15, 0.2) is 16.6 Å². The zero-order valence-electron chi connectivity index (χ0n) is 11.5. The lowest BCUT2D eigenvalue weighted by Crippen LogP contribution is -2.28. The Hall–Kier alpha value is -1.14. The lowest BCUT2D eigenvalue weighted by atomic mass is 9.95. The number of benzene rings is 1. The van der Waals surface area contributed by atoms with Gasteiger partial charge in [-0.2, -0.15) is 0 Å². The van der Waals surface area contributed by atoms with Crippen molar-refractivity contribution in [2.45, 2.75) is 26.2 Å². The Morgan fingerprint density at radius 3 is 2.80 bits per heavy atom. The number of piperidine rings is 1. The van der Waals surface area contributed by atoms with Gasteiger partial charge in [-0.15, -0.1) is 0 Å². The third-order valence-corrected chi connectivity index (χ3v) is 4.11. The number of hydrogen-bond donors (Lipinski definition) is 1. The molecule has 1 aliphatic heterocycles. The quantitative estimate of drug-likeness (QED) is 0.657. The monoisotopic (exact) mass is 342 g/mol. The molecule has 1 aromatic rings. The Balaban J connectivity index is 1.99. The summed E-state index contributed by atoms with van der Waals surface area (Å²) in [5.74, 6) is 1.05. The van der Waals surface area contributed by atoms with E-state index in [1.165, 1.54) is 6.07 Å². The molecule has 0 atom stereocenters. The summed E-state index contributed by atoms with van der Waals surface area (Å²) < 4.78 is 6.41. The van der Waals surface area contributed by atoms with Crippen molar-refractivity contribution in [3.05, 3.63) is 32.3 Å². The van der Waals surface area contributed by atoms with Gasteiger partial charge in [-0.1, -0.05) is 15.9 Å². The van der Waals surface area contributed by atoms with Crippen LogP contribution >= 0.6 is 15.9 Å². The third kappa shape index (κ3) is 3.93. The van der Waals surface area contributed by atoms with E-state index in [4.69, 9.17) is 4.74 Å². The Morgan fingerprint density at radius 2 is 2.15 bits per heavy atom. The van der Waals surface area contributed by atoms with E-state index in [1.54, 1.807) is 0 Å². The fourth-order valence-electron chi connectivity index (χ4n) is 2.53. The highest BCUT2D eigenvalue weighted by molar-refractivity contribution is 9.10. The lowest BCUT2D eigenvalue weighted by Gasteiger charge is -2.22. The molecule has 20 heavy (non-hydrogen) atoms. The molecular weight excluding hydrogens is 324 g/mol. The van der Waals surface area contributed by atoms with Crippen LogP contribution in [-0.2, 0) is 0 Å². The van der Waals surface area contributed by atoms with E-state index in [2.05, 4.69) is 21.2 Å². The van der Waals surface area contributed by atoms with Gasteiger partial charge >= 0.3 is 5.69 Å². The second-order valence-corrected chi connectivity index (χ2v) is 6.07. The normalized spacial score (nSPS) is 16.1. The van der Waals surface area contributed by atoms with Gasteiger partial charge in [0.15, 0.2) is 5.75 Å². The molecule has 0 aliphatic carbocycles. The number of nitrogens with one attached hydrogen (secondary N) is 1. The molecule has 1 aromatic carbocycles. The molecule has 1 heterocycles. The summed E-state index contributed by atoms with van der Waals surface area (Å²) >= 11 is 3.28. The molecule has 0 aromatic heterocycles. The Labute approximate surface area is 127 Å². The van der Waals surface area contributed by atoms with Crippen LogP contribution in [0.4, 0.5) is 5.69 Å². The number of ether oxygens (including phenoxy) is 1. The molecule has 5 nitrogen and oxygen atoms in total. The molecule has 1 aliphatic rings. The largest absolute Gasteiger partial charge is 0.487 e. The second-order valence-electron chi connectivity index (χ2n) is 5.16. The molecule has 1 N–H and O–H groups in total. The summed E-state index contributed by atoms with van der Waals surface area (Å²) in [5, 5.41) is 14.4. The minimum atomic E-state index is -0.391. The Morgan fingerprint density at radius 1 is 1.45 bits per heavy atom. The Kier molecular flexibility index (Phi) is 5.37. The summed E-state index contributed by atoms with van der Waals surface area (Å²) in [4.78, 5) is 10.7. The van der Waals surface area contributed by atoms with Gasteiger partial charge in [0.2, 0.25) is 0 Å². The van der Waals surface area contributed by atoms with Crippen LogP contribution in [0.3, 0.4) is 0 Å². The predicted octanol–water partition coefficient (Wildman–Crippen LogP) is 3.43. The first-order chi connectivity index (χ1) is 9.58. The van der Waals surface area contributed by atoms with Crippen molar-refractivity contribution in [1.82, 2.24) is 5.32 Å². The first-order valence-corrected chi connectivity index (χ1v) is 7.65. The molecule has 0 unspecified atom stereocenters. The van der Waals surface area contributed by atoms with Crippen LogP contribution in [0.25, 0.3) is 0 Å². The van der Waals surface area contributed by atoms with Crippen LogP contribution in [0, 0.1) is 23.0 Å². The first kappa shape index (κ1) is 15.3. The molecule has 1 fully saturated rings. The number of nitrogens with zero attached hydrogens (tertiary/aromatic N) is 1. The van der Waals surface area contributed by atoms with Gasteiger partial charge in [0.25, 0.3) is 0 Å². The predicted molar refractivity (Wildman–Crippen MR) is 81.2 cm³/mol. The molecule has 1 saturated heterocycles. The van der Waals surface area contributed by atoms with Gasteiger partial charge in [0, 0.05) is 10.5 Å². The standard InChI is InChI=1S/C14H19BrN2O3/c1-10-8-12(15)9-13(17(18)19)14(10)20-7-4-11-2-5-16-6-3-11/h8-9,11,16H,2-7H2,1H3. The van der Waals surface area contributed by atoms with Crippen molar-refractivity contribution in [2.24, 2.45) is 5.92 Å². The second kappa shape index (κ2) is 7.04. The molecule has 2 rings (SSSR count). The number of halogens is 1. The molecule has 0 radical (unpaired) electrons. The topological polar surface area (TPSA) is 64.4 Å². The van der Waals surface area contributed by atoms with E-state index in [9.17, 15) is 10.1 Å². The van der Waals surface area contributed by atoms with Gasteiger partial charge in [0.05, 0.1) is 11.5 Å². The SMILES string of the molecule is Cc1cc(Br)cc([N+](=O)[O-])c1OCCC1CCNCC1. The molecule has 0 amide bonds. The number of rotatable bonds is 5. The van der Waals surface area contributed by atoms with Gasteiger partial charge in [-0.25, -0.2) is 0 Å². The maximum absolute atomic E-state index is 11.1. The van der Waals surface area contributed by atoms with Crippen LogP contribution in [0.1, 0.15) is 24.8 Å². The highest BCUT2D eigenvalue weighted by Gasteiger charge is 2.20. The van der Waals surface area contributed by atoms with Crippen LogP contribution in [0.5, 0.6) is 5.75 Å². The smallest absolute Gasteiger partial charge is 0.312 e. The summed E-state index contributed by atoms with van der Waals surface area (Å²) in [6.07, 6.45) is 3.27. The molecule has 110 valence electrons. The number of nitro benzene ring substituents is 1. The van der Waals surface area contributed by atoms with E-state index < -0.39 is 4.92 Å². The summed E-state index contributed by atoms with van der Waals surface area (Å²) in [6.45, 7) is 4.48. The van der Waals surface area contributed by atoms with Crippen molar-refractivity contribution >= 4 is 21.6 Å². The van der Waals surface area contributed by atoms with Crippen molar-refractivity contribution in [3.63, 3.8) is 0 Å². The van der Waals surface area contributed by atoms with Crippen molar-refractivity contribution in [2.75, 3.05) is 19.7 Å². The Bertz CT molecular complexity index is 488. The fraction of sp³-hybridized carbons (Fsp3) is 0.571. The van der Waals surface area contributed by atoms with Crippen molar-refractivity contribution in [3.8, 4) is 5.75 Å². The van der Waals surface area contributed by atoms with E-state index in [1.807, 2.05) is 13.0 Å². The molecule has 0 bridgehead atoms. The van der Waals surface area contributed by atoms with Crippen molar-refractivity contribution in [1.29, 1.82) is 0 Å². The maximum Gasteiger partial charge on any atom is 0.312 e. The highest BCUT2D eigenvalue weighted by atomic mass is 79.9. The van der Waals surface area contributed by atoms with E-state index in [0.717, 1.165) is 37.9 Å². The summed E-state index contributed by atoms with van der Waals surface area (Å²) in [7, 11) is 0. The zero-order chi connectivity index (χ0) is 14.5. The number of aryl methyl sites for hydroxylation is 1. The van der Waals surface area contributed by atoms with Gasteiger partial charge in [0.1, 0.15) is 0 Å². The zero-order valence-corrected chi connectivity index (χ0v) is 13.1. The van der Waals surface area contributed by atoms with Crippen molar-refractivity contribution < 1.29 is 9.66 Å². The average molecular weight is 343 g/mol. The third-order valence-electron chi connectivity index (χ3n) is 3.65. The van der Waals surface area contributed by atoms with Crippen LogP contribution in [0.2, 0.25) is 0 Å². The highest BCUT2D eigenvalue weighted by Crippen LogP contribution is 2.34. The summed E-state index contributed by atoms with van der Waals surface area (Å²) in [6, 6.07) is 3.33. The van der Waals surface area contributed by atoms with E-state index in [0.29, 0.717) is 22.7 Å². The first-order valence-electron chi connectivity index (χ1n) is 6.86. The van der Waals surface area contributed by atoms with Gasteiger partial charge < -0.3 is 10.1 Å². The molecular formula is C14H19BrN2O3. The maximum atomic E-state index is 11.1. The minimum absolute atomic E-state index is 0.0298. The lowest BCUT2D eigenvalue weighted by molar-refractivity contribution is -0.386. The van der Waals surface area contributed by atoms with Gasteiger partial charge in [-0.3, -0.25) is 10.1 Å². The minimum Gasteiger partial charge on any atom is -0.487 e. The van der Waals surface area contributed by atoms with Crippen LogP contribution < -0.4 is 10.1 Å². The number of nitro groups is 1. The molecule has 6 heteroatoms. The number of hydrogen-bond acceptors (Lipinski definition) is 4. The van der Waals surface area contributed by atoms with E-state index >= 15 is 0 Å². The van der Waals surface area contributed by atoms with Crippen LogP contribution in [-0.4, -0.2) is 24.6 Å². The average Bonchev–Trinajstić information content (AvgIpc) is 2.41. The fourth-order valence-corrected chi connectivity index (χ4v) is 3.09. The molecule has 0 saturated carbocycles. The molecule has 0 spiro atoms. The van der Waals surface area contributed by atoms with Gasteiger partial charge in [-0.05, 0) is 56.8 Å².